The van der Waals surface area contributed by atoms with E-state index >= 15 is 0 Å². The Morgan fingerprint density at radius 3 is 2.86 bits per heavy atom. The molecule has 0 spiro atoms. The van der Waals surface area contributed by atoms with Crippen molar-refractivity contribution >= 4 is 23.5 Å². The van der Waals surface area contributed by atoms with Gasteiger partial charge < -0.3 is 14.7 Å². The summed E-state index contributed by atoms with van der Waals surface area (Å²) in [5.74, 6) is -0.473. The number of carbonyl (C=O) groups excluding carboxylic acids is 1. The molecule has 0 aliphatic carbocycles. The van der Waals surface area contributed by atoms with Gasteiger partial charge in [-0.3, -0.25) is 9.59 Å². The Morgan fingerprint density at radius 1 is 1.50 bits per heavy atom. The SMILES string of the molecule is Cc1cc(OC(C)C(=O)N2CCCC2CC(=O)O)ccc1Cl. The molecule has 0 saturated carbocycles. The van der Waals surface area contributed by atoms with Gasteiger partial charge in [0.05, 0.1) is 6.42 Å². The third-order valence-electron chi connectivity index (χ3n) is 3.86. The van der Waals surface area contributed by atoms with E-state index in [9.17, 15) is 9.59 Å². The molecule has 2 atom stereocenters. The van der Waals surface area contributed by atoms with Gasteiger partial charge in [0, 0.05) is 17.6 Å². The van der Waals surface area contributed by atoms with Crippen molar-refractivity contribution in [3.05, 3.63) is 28.8 Å². The molecule has 0 bridgehead atoms. The van der Waals surface area contributed by atoms with E-state index < -0.39 is 12.1 Å². The molecule has 1 aromatic rings. The van der Waals surface area contributed by atoms with Crippen molar-refractivity contribution < 1.29 is 19.4 Å². The molecule has 1 heterocycles. The number of hydrogen-bond acceptors (Lipinski definition) is 3. The van der Waals surface area contributed by atoms with Gasteiger partial charge in [-0.1, -0.05) is 11.6 Å². The van der Waals surface area contributed by atoms with Crippen molar-refractivity contribution in [1.82, 2.24) is 4.90 Å². The van der Waals surface area contributed by atoms with Crippen molar-refractivity contribution in [1.29, 1.82) is 0 Å². The summed E-state index contributed by atoms with van der Waals surface area (Å²) in [7, 11) is 0. The van der Waals surface area contributed by atoms with Gasteiger partial charge in [-0.15, -0.1) is 0 Å². The fourth-order valence-electron chi connectivity index (χ4n) is 2.72. The smallest absolute Gasteiger partial charge is 0.305 e. The van der Waals surface area contributed by atoms with Crippen LogP contribution in [0.2, 0.25) is 5.02 Å². The Kier molecular flexibility index (Phi) is 5.29. The molecule has 1 aromatic carbocycles. The molecule has 1 amide bonds. The van der Waals surface area contributed by atoms with E-state index in [-0.39, 0.29) is 18.4 Å². The average molecular weight is 326 g/mol. The molecule has 1 saturated heterocycles. The first-order chi connectivity index (χ1) is 10.4. The summed E-state index contributed by atoms with van der Waals surface area (Å²) in [5.41, 5.74) is 0.878. The molecule has 120 valence electrons. The third-order valence-corrected chi connectivity index (χ3v) is 4.28. The highest BCUT2D eigenvalue weighted by molar-refractivity contribution is 6.31. The number of rotatable bonds is 5. The molecule has 5 nitrogen and oxygen atoms in total. The topological polar surface area (TPSA) is 66.8 Å². The van der Waals surface area contributed by atoms with Crippen LogP contribution < -0.4 is 4.74 Å². The quantitative estimate of drug-likeness (QED) is 0.904. The minimum Gasteiger partial charge on any atom is -0.481 e. The van der Waals surface area contributed by atoms with Gasteiger partial charge in [-0.25, -0.2) is 0 Å². The van der Waals surface area contributed by atoms with E-state index in [4.69, 9.17) is 21.4 Å². The highest BCUT2D eigenvalue weighted by Gasteiger charge is 2.33. The van der Waals surface area contributed by atoms with Crippen molar-refractivity contribution in [2.24, 2.45) is 0 Å². The molecule has 1 aliphatic rings. The van der Waals surface area contributed by atoms with E-state index in [1.165, 1.54) is 0 Å². The van der Waals surface area contributed by atoms with Crippen LogP contribution in [-0.2, 0) is 9.59 Å². The number of amides is 1. The van der Waals surface area contributed by atoms with Gasteiger partial charge in [0.1, 0.15) is 5.75 Å². The van der Waals surface area contributed by atoms with Crippen molar-refractivity contribution in [2.45, 2.75) is 45.3 Å². The lowest BCUT2D eigenvalue weighted by Crippen LogP contribution is -2.43. The van der Waals surface area contributed by atoms with E-state index in [0.29, 0.717) is 17.3 Å². The van der Waals surface area contributed by atoms with Crippen LogP contribution >= 0.6 is 11.6 Å². The monoisotopic (exact) mass is 325 g/mol. The Morgan fingerprint density at radius 2 is 2.23 bits per heavy atom. The molecule has 1 aliphatic heterocycles. The van der Waals surface area contributed by atoms with Crippen LogP contribution in [0.5, 0.6) is 5.75 Å². The predicted octanol–water partition coefficient (Wildman–Crippen LogP) is 2.88. The number of hydrogen-bond donors (Lipinski definition) is 1. The summed E-state index contributed by atoms with van der Waals surface area (Å²) < 4.78 is 5.68. The summed E-state index contributed by atoms with van der Waals surface area (Å²) in [4.78, 5) is 25.0. The zero-order valence-corrected chi connectivity index (χ0v) is 13.5. The van der Waals surface area contributed by atoms with Crippen LogP contribution in [-0.4, -0.2) is 40.6 Å². The second-order valence-electron chi connectivity index (χ2n) is 5.60. The normalized spacial score (nSPS) is 19.0. The van der Waals surface area contributed by atoms with Crippen molar-refractivity contribution in [3.63, 3.8) is 0 Å². The second-order valence-corrected chi connectivity index (χ2v) is 6.00. The lowest BCUT2D eigenvalue weighted by Gasteiger charge is -2.27. The number of ether oxygens (including phenoxy) is 1. The number of benzene rings is 1. The molecule has 0 radical (unpaired) electrons. The van der Waals surface area contributed by atoms with Crippen molar-refractivity contribution in [3.8, 4) is 5.75 Å². The fourth-order valence-corrected chi connectivity index (χ4v) is 2.84. The number of halogens is 1. The Hall–Kier alpha value is -1.75. The van der Waals surface area contributed by atoms with E-state index in [1.54, 1.807) is 30.0 Å². The number of carboxylic acid groups (broad SMARTS) is 1. The van der Waals surface area contributed by atoms with Gasteiger partial charge in [0.15, 0.2) is 6.10 Å². The zero-order chi connectivity index (χ0) is 16.3. The molecular formula is C16H20ClNO4. The minimum absolute atomic E-state index is 0.0154. The molecular weight excluding hydrogens is 306 g/mol. The molecule has 1 N–H and O–H groups in total. The number of likely N-dealkylation sites (tertiary alicyclic amines) is 1. The number of carboxylic acids is 1. The Balaban J connectivity index is 2.01. The predicted molar refractivity (Wildman–Crippen MR) is 83.3 cm³/mol. The molecule has 22 heavy (non-hydrogen) atoms. The largest absolute Gasteiger partial charge is 0.481 e. The fraction of sp³-hybridized carbons (Fsp3) is 0.500. The van der Waals surface area contributed by atoms with Gasteiger partial charge in [-0.05, 0) is 50.5 Å². The van der Waals surface area contributed by atoms with Gasteiger partial charge in [-0.2, -0.15) is 0 Å². The lowest BCUT2D eigenvalue weighted by molar-refractivity contribution is -0.142. The van der Waals surface area contributed by atoms with E-state index in [1.807, 2.05) is 6.92 Å². The first kappa shape index (κ1) is 16.6. The second kappa shape index (κ2) is 7.01. The summed E-state index contributed by atoms with van der Waals surface area (Å²) in [6.45, 7) is 4.14. The highest BCUT2D eigenvalue weighted by Crippen LogP contribution is 2.24. The van der Waals surface area contributed by atoms with Crippen LogP contribution in [0, 0.1) is 6.92 Å². The maximum Gasteiger partial charge on any atom is 0.305 e. The van der Waals surface area contributed by atoms with Crippen LogP contribution in [0.15, 0.2) is 18.2 Å². The maximum absolute atomic E-state index is 12.5. The molecule has 6 heteroatoms. The number of aliphatic carboxylic acids is 1. The van der Waals surface area contributed by atoms with E-state index in [2.05, 4.69) is 0 Å². The Labute approximate surface area is 134 Å². The highest BCUT2D eigenvalue weighted by atomic mass is 35.5. The summed E-state index contributed by atoms with van der Waals surface area (Å²) in [6, 6.07) is 5.00. The van der Waals surface area contributed by atoms with Crippen LogP contribution in [0.3, 0.4) is 0 Å². The van der Waals surface area contributed by atoms with Crippen LogP contribution in [0.1, 0.15) is 31.7 Å². The van der Waals surface area contributed by atoms with Gasteiger partial charge in [0.2, 0.25) is 0 Å². The van der Waals surface area contributed by atoms with Crippen LogP contribution in [0.4, 0.5) is 0 Å². The summed E-state index contributed by atoms with van der Waals surface area (Å²) in [6.07, 6.45) is 0.884. The van der Waals surface area contributed by atoms with Gasteiger partial charge in [0.25, 0.3) is 5.91 Å². The van der Waals surface area contributed by atoms with Crippen molar-refractivity contribution in [2.75, 3.05) is 6.54 Å². The number of aryl methyl sites for hydroxylation is 1. The number of carbonyl (C=O) groups is 2. The van der Waals surface area contributed by atoms with Gasteiger partial charge >= 0.3 is 5.97 Å². The van der Waals surface area contributed by atoms with Crippen LogP contribution in [0.25, 0.3) is 0 Å². The first-order valence-electron chi connectivity index (χ1n) is 7.33. The molecule has 2 rings (SSSR count). The molecule has 2 unspecified atom stereocenters. The standard InChI is InChI=1S/C16H20ClNO4/c1-10-8-13(5-6-14(10)17)22-11(2)16(21)18-7-3-4-12(18)9-15(19)20/h5-6,8,11-12H,3-4,7,9H2,1-2H3,(H,19,20). The third kappa shape index (κ3) is 3.91. The maximum atomic E-state index is 12.5. The zero-order valence-electron chi connectivity index (χ0n) is 12.7. The number of nitrogens with zero attached hydrogens (tertiary/aromatic N) is 1. The average Bonchev–Trinajstić information content (AvgIpc) is 2.89. The minimum atomic E-state index is -0.883. The summed E-state index contributed by atoms with van der Waals surface area (Å²) >= 11 is 5.96. The summed E-state index contributed by atoms with van der Waals surface area (Å²) in [5, 5.41) is 9.57. The Bertz CT molecular complexity index is 575. The molecule has 0 aromatic heterocycles. The lowest BCUT2D eigenvalue weighted by atomic mass is 10.1. The van der Waals surface area contributed by atoms with E-state index in [0.717, 1.165) is 18.4 Å². The first-order valence-corrected chi connectivity index (χ1v) is 7.71. The molecule has 1 fully saturated rings.